The number of esters is 4. The lowest BCUT2D eigenvalue weighted by atomic mass is 9.95. The Morgan fingerprint density at radius 2 is 1.13 bits per heavy atom. The average molecular weight is 444 g/mol. The summed E-state index contributed by atoms with van der Waals surface area (Å²) < 4.78 is 22.1. The largest absolute Gasteiger partial charge is 0.464 e. The summed E-state index contributed by atoms with van der Waals surface area (Å²) in [5, 5.41) is 3.12. The maximum absolute atomic E-state index is 12.3. The highest BCUT2D eigenvalue weighted by molar-refractivity contribution is 5.72. The van der Waals surface area contributed by atoms with Crippen molar-refractivity contribution in [3.8, 4) is 0 Å². The molecule has 0 unspecified atom stereocenters. The molecular weight excluding hydrogens is 406 g/mol. The fourth-order valence-electron chi connectivity index (χ4n) is 3.22. The number of piperidine rings is 1. The van der Waals surface area contributed by atoms with E-state index in [0.717, 1.165) is 0 Å². The lowest BCUT2D eigenvalue weighted by Gasteiger charge is -2.41. The Kier molecular flexibility index (Phi) is 12.8. The van der Waals surface area contributed by atoms with Gasteiger partial charge in [-0.1, -0.05) is 27.7 Å². The second-order valence-electron chi connectivity index (χ2n) is 7.64. The van der Waals surface area contributed by atoms with Crippen molar-refractivity contribution in [2.24, 2.45) is 0 Å². The van der Waals surface area contributed by atoms with Gasteiger partial charge < -0.3 is 24.3 Å². The molecule has 0 amide bonds. The molecule has 0 radical (unpaired) electrons. The Hall–Kier alpha value is -2.16. The Bertz CT molecular complexity index is 594. The first-order chi connectivity index (χ1) is 14.9. The Balaban J connectivity index is 3.08. The molecule has 0 aromatic rings. The highest BCUT2D eigenvalue weighted by atomic mass is 16.6. The van der Waals surface area contributed by atoms with E-state index in [1.54, 1.807) is 0 Å². The van der Waals surface area contributed by atoms with Crippen molar-refractivity contribution in [2.75, 3.05) is 13.2 Å². The zero-order valence-corrected chi connectivity index (χ0v) is 19.1. The van der Waals surface area contributed by atoms with Gasteiger partial charge in [-0.2, -0.15) is 0 Å². The maximum Gasteiger partial charge on any atom is 0.306 e. The third kappa shape index (κ3) is 9.67. The zero-order chi connectivity index (χ0) is 23.2. The normalized spacial score (nSPS) is 23.0. The molecule has 1 fully saturated rings. The van der Waals surface area contributed by atoms with Crippen molar-refractivity contribution in [1.82, 2.24) is 5.32 Å². The minimum Gasteiger partial charge on any atom is -0.464 e. The van der Waals surface area contributed by atoms with Crippen LogP contribution >= 0.6 is 0 Å². The molecule has 1 N–H and O–H groups in total. The van der Waals surface area contributed by atoms with Crippen LogP contribution in [0.25, 0.3) is 0 Å². The van der Waals surface area contributed by atoms with Crippen LogP contribution in [0.5, 0.6) is 0 Å². The molecule has 1 heterocycles. The van der Waals surface area contributed by atoms with Crippen LogP contribution in [0, 0.1) is 0 Å². The highest BCUT2D eigenvalue weighted by Gasteiger charge is 2.46. The van der Waals surface area contributed by atoms with E-state index in [1.165, 1.54) is 0 Å². The van der Waals surface area contributed by atoms with E-state index in [4.69, 9.17) is 18.9 Å². The molecule has 31 heavy (non-hydrogen) atoms. The minimum absolute atomic E-state index is 0.0552. The predicted octanol–water partition coefficient (Wildman–Crippen LogP) is 2.44. The van der Waals surface area contributed by atoms with Gasteiger partial charge in [0.05, 0.1) is 6.04 Å². The van der Waals surface area contributed by atoms with Gasteiger partial charge in [-0.15, -0.1) is 0 Å². The summed E-state index contributed by atoms with van der Waals surface area (Å²) >= 11 is 0. The standard InChI is InChI=1S/C22H37NO8/c1-5-9-17(24)28-14-15-21(30-19(26)11-7-3)22(31-20(27)12-8-4)16(13-23-15)29-18(25)10-6-2/h15-16,21-23H,5-14H2,1-4H3/t15-,16+,21-,22-/m1/s1. The second kappa shape index (κ2) is 14.8. The summed E-state index contributed by atoms with van der Waals surface area (Å²) in [5.74, 6) is -1.71. The highest BCUT2D eigenvalue weighted by Crippen LogP contribution is 2.23. The van der Waals surface area contributed by atoms with Gasteiger partial charge in [-0.05, 0) is 25.7 Å². The first-order valence-corrected chi connectivity index (χ1v) is 11.3. The van der Waals surface area contributed by atoms with Crippen LogP contribution < -0.4 is 5.32 Å². The molecule has 1 rings (SSSR count). The van der Waals surface area contributed by atoms with E-state index >= 15 is 0 Å². The molecule has 1 aliphatic rings. The first kappa shape index (κ1) is 26.9. The van der Waals surface area contributed by atoms with Gasteiger partial charge in [0.1, 0.15) is 6.61 Å². The van der Waals surface area contributed by atoms with Crippen LogP contribution in [0.3, 0.4) is 0 Å². The number of nitrogens with one attached hydrogen (secondary N) is 1. The van der Waals surface area contributed by atoms with Crippen molar-refractivity contribution >= 4 is 23.9 Å². The van der Waals surface area contributed by atoms with Crippen LogP contribution in [0.15, 0.2) is 0 Å². The molecule has 0 aromatic heterocycles. The van der Waals surface area contributed by atoms with E-state index in [2.05, 4.69) is 5.32 Å². The molecule has 178 valence electrons. The molecule has 0 bridgehead atoms. The summed E-state index contributed by atoms with van der Waals surface area (Å²) in [5.41, 5.74) is 0. The van der Waals surface area contributed by atoms with Crippen LogP contribution in [0.2, 0.25) is 0 Å². The quantitative estimate of drug-likeness (QED) is 0.338. The first-order valence-electron chi connectivity index (χ1n) is 11.3. The summed E-state index contributed by atoms with van der Waals surface area (Å²) in [6.45, 7) is 7.54. The average Bonchev–Trinajstić information content (AvgIpc) is 2.70. The molecule has 1 aliphatic heterocycles. The SMILES string of the molecule is CCCC(=O)OC[C@H]1NC[C@H](OC(=O)CCC)[C@@H](OC(=O)CCC)[C@@H]1OC(=O)CCC. The molecule has 0 aromatic carbocycles. The molecule has 0 spiro atoms. The summed E-state index contributed by atoms with van der Waals surface area (Å²) in [6, 6.07) is -0.595. The van der Waals surface area contributed by atoms with E-state index in [1.807, 2.05) is 27.7 Å². The van der Waals surface area contributed by atoms with Gasteiger partial charge in [-0.25, -0.2) is 0 Å². The topological polar surface area (TPSA) is 117 Å². The molecule has 9 heteroatoms. The maximum atomic E-state index is 12.3. The fraction of sp³-hybridized carbons (Fsp3) is 0.818. The van der Waals surface area contributed by atoms with Crippen LogP contribution in [-0.4, -0.2) is 61.4 Å². The van der Waals surface area contributed by atoms with Gasteiger partial charge in [0.2, 0.25) is 0 Å². The van der Waals surface area contributed by atoms with Crippen molar-refractivity contribution in [1.29, 1.82) is 0 Å². The van der Waals surface area contributed by atoms with Crippen LogP contribution in [-0.2, 0) is 38.1 Å². The number of hydrogen-bond acceptors (Lipinski definition) is 9. The molecule has 1 saturated heterocycles. The van der Waals surface area contributed by atoms with Crippen molar-refractivity contribution in [2.45, 2.75) is 103 Å². The lowest BCUT2D eigenvalue weighted by Crippen LogP contribution is -2.64. The Morgan fingerprint density at radius 3 is 1.65 bits per heavy atom. The minimum atomic E-state index is -0.989. The smallest absolute Gasteiger partial charge is 0.306 e. The molecule has 9 nitrogen and oxygen atoms in total. The third-order valence-corrected chi connectivity index (χ3v) is 4.73. The molecule has 0 saturated carbocycles. The van der Waals surface area contributed by atoms with Gasteiger partial charge >= 0.3 is 23.9 Å². The van der Waals surface area contributed by atoms with E-state index in [9.17, 15) is 19.2 Å². The van der Waals surface area contributed by atoms with Crippen molar-refractivity contribution in [3.63, 3.8) is 0 Å². The van der Waals surface area contributed by atoms with Crippen molar-refractivity contribution < 1.29 is 38.1 Å². The third-order valence-electron chi connectivity index (χ3n) is 4.73. The van der Waals surface area contributed by atoms with E-state index < -0.39 is 42.3 Å². The summed E-state index contributed by atoms with van der Waals surface area (Å²) in [4.78, 5) is 48.5. The fourth-order valence-corrected chi connectivity index (χ4v) is 3.22. The number of carbonyl (C=O) groups excluding carboxylic acids is 4. The molecular formula is C22H37NO8. The summed E-state index contributed by atoms with van der Waals surface area (Å²) in [6.07, 6.45) is 0.556. The monoisotopic (exact) mass is 443 g/mol. The van der Waals surface area contributed by atoms with Gasteiger partial charge in [0, 0.05) is 32.2 Å². The van der Waals surface area contributed by atoms with Gasteiger partial charge in [0.25, 0.3) is 0 Å². The van der Waals surface area contributed by atoms with E-state index in [-0.39, 0.29) is 44.8 Å². The number of rotatable bonds is 13. The van der Waals surface area contributed by atoms with E-state index in [0.29, 0.717) is 25.7 Å². The van der Waals surface area contributed by atoms with Crippen molar-refractivity contribution in [3.05, 3.63) is 0 Å². The zero-order valence-electron chi connectivity index (χ0n) is 19.1. The predicted molar refractivity (Wildman–Crippen MR) is 112 cm³/mol. The number of hydrogen-bond donors (Lipinski definition) is 1. The van der Waals surface area contributed by atoms with Crippen LogP contribution in [0.1, 0.15) is 79.1 Å². The molecule has 0 aliphatic carbocycles. The second-order valence-corrected chi connectivity index (χ2v) is 7.64. The summed E-state index contributed by atoms with van der Waals surface area (Å²) in [7, 11) is 0. The lowest BCUT2D eigenvalue weighted by molar-refractivity contribution is -0.196. The van der Waals surface area contributed by atoms with Gasteiger partial charge in [0.15, 0.2) is 18.3 Å². The molecule has 4 atom stereocenters. The number of carbonyl (C=O) groups is 4. The number of ether oxygens (including phenoxy) is 4. The Labute approximate surface area is 184 Å². The van der Waals surface area contributed by atoms with Crippen LogP contribution in [0.4, 0.5) is 0 Å². The Morgan fingerprint density at radius 1 is 0.677 bits per heavy atom. The van der Waals surface area contributed by atoms with Gasteiger partial charge in [-0.3, -0.25) is 19.2 Å².